The van der Waals surface area contributed by atoms with E-state index in [-0.39, 0.29) is 11.3 Å². The Labute approximate surface area is 433 Å². The maximum absolute atomic E-state index is 16.0. The minimum atomic E-state index is -5.21. The molecule has 6 rings (SSSR count). The van der Waals surface area contributed by atoms with Gasteiger partial charge in [-0.25, -0.2) is 28.4 Å². The van der Waals surface area contributed by atoms with Gasteiger partial charge in [-0.1, -0.05) is 30.0 Å². The molecule has 2 bridgehead atoms. The number of halogens is 8. The number of piperazine rings is 1. The number of rotatable bonds is 17. The summed E-state index contributed by atoms with van der Waals surface area (Å²) in [7, 11) is 3.99. The Morgan fingerprint density at radius 2 is 1.42 bits per heavy atom. The zero-order valence-corrected chi connectivity index (χ0v) is 42.6. The number of hydrazine groups is 1. The summed E-state index contributed by atoms with van der Waals surface area (Å²) in [6, 6.07) is 13.1. The molecular weight excluding hydrogens is 1010 g/mol. The second kappa shape index (κ2) is 23.8. The van der Waals surface area contributed by atoms with E-state index in [9.17, 15) is 50.6 Å². The van der Waals surface area contributed by atoms with E-state index in [4.69, 9.17) is 4.74 Å². The van der Waals surface area contributed by atoms with Crippen LogP contribution in [0.4, 0.5) is 50.5 Å². The van der Waals surface area contributed by atoms with Crippen LogP contribution in [0.15, 0.2) is 79.1 Å². The third-order valence-corrected chi connectivity index (χ3v) is 13.8. The van der Waals surface area contributed by atoms with Crippen molar-refractivity contribution in [3.63, 3.8) is 0 Å². The Morgan fingerprint density at radius 1 is 0.816 bits per heavy atom. The third-order valence-electron chi connectivity index (χ3n) is 13.8. The molecule has 4 amide bonds. The van der Waals surface area contributed by atoms with Gasteiger partial charge in [0.1, 0.15) is 28.9 Å². The summed E-state index contributed by atoms with van der Waals surface area (Å²) in [6.07, 6.45) is -13.2. The first-order chi connectivity index (χ1) is 35.6. The van der Waals surface area contributed by atoms with Crippen LogP contribution in [0.2, 0.25) is 0 Å². The van der Waals surface area contributed by atoms with Crippen LogP contribution < -0.4 is 26.3 Å². The van der Waals surface area contributed by atoms with Crippen molar-refractivity contribution in [3.8, 4) is 23.1 Å². The lowest BCUT2D eigenvalue weighted by atomic mass is 9.82. The van der Waals surface area contributed by atoms with Crippen molar-refractivity contribution in [2.45, 2.75) is 102 Å². The number of nitrogens with one attached hydrogen (secondary N) is 4. The predicted octanol–water partition coefficient (Wildman–Crippen LogP) is 6.65. The molecule has 4 heterocycles. The highest BCUT2D eigenvalue weighted by atomic mass is 19.4. The number of fused-ring (bicyclic) bond motifs is 2. The molecule has 0 aliphatic carbocycles. The van der Waals surface area contributed by atoms with Gasteiger partial charge < -0.3 is 35.4 Å². The number of nitrogens with zero attached hydrogens (tertiary/aromatic N) is 5. The molecule has 4 aromatic rings. The number of alkyl halides is 6. The number of carbonyl (C=O) groups excluding carboxylic acids is 4. The van der Waals surface area contributed by atoms with E-state index < -0.39 is 108 Å². The van der Waals surface area contributed by atoms with Crippen molar-refractivity contribution in [2.24, 2.45) is 10.8 Å². The lowest BCUT2D eigenvalue weighted by Crippen LogP contribution is -2.62. The number of alkyl carbamates (subject to hydrolysis) is 2. The number of hydrogen-bond acceptors (Lipinski definition) is 12. The highest BCUT2D eigenvalue weighted by Crippen LogP contribution is 2.43. The van der Waals surface area contributed by atoms with Gasteiger partial charge in [0.25, 0.3) is 5.91 Å². The largest absolute Gasteiger partial charge is 0.453 e. The normalized spacial score (nSPS) is 17.6. The highest BCUT2D eigenvalue weighted by Gasteiger charge is 2.58. The fraction of sp³-hybridized carbons (Fsp3) is 0.462. The number of aliphatic hydroxyl groups is 1. The Hall–Kier alpha value is -7.10. The first-order valence-corrected chi connectivity index (χ1v) is 24.0. The second-order valence-corrected chi connectivity index (χ2v) is 19.7. The molecule has 5 N–H and O–H groups in total. The van der Waals surface area contributed by atoms with Gasteiger partial charge >= 0.3 is 24.5 Å². The number of benzene rings is 2. The Kier molecular flexibility index (Phi) is 18.2. The molecule has 0 unspecified atom stereocenters. The number of amides is 4. The zero-order chi connectivity index (χ0) is 55.9. The van der Waals surface area contributed by atoms with Crippen LogP contribution in [0.3, 0.4) is 0 Å². The Balaban J connectivity index is 1.33. The summed E-state index contributed by atoms with van der Waals surface area (Å²) < 4.78 is 128. The molecule has 2 aliphatic heterocycles. The number of anilines is 1. The van der Waals surface area contributed by atoms with Crippen molar-refractivity contribution in [1.29, 1.82) is 0 Å². The minimum absolute atomic E-state index is 0.0312. The molecule has 2 aliphatic rings. The number of methoxy groups -OCH3 is 1. The summed E-state index contributed by atoms with van der Waals surface area (Å²) >= 11 is 0. The summed E-state index contributed by atoms with van der Waals surface area (Å²) in [5, 5.41) is 18.8. The van der Waals surface area contributed by atoms with E-state index in [1.165, 1.54) is 24.4 Å². The van der Waals surface area contributed by atoms with Gasteiger partial charge in [0.05, 0.1) is 30.4 Å². The Morgan fingerprint density at radius 3 is 1.96 bits per heavy atom. The van der Waals surface area contributed by atoms with Gasteiger partial charge in [-0.3, -0.25) is 24.9 Å². The van der Waals surface area contributed by atoms with Crippen LogP contribution in [0.5, 0.6) is 0 Å². The maximum atomic E-state index is 16.0. The molecule has 2 aromatic carbocycles. The number of ether oxygens (including phenoxy) is 2. The van der Waals surface area contributed by atoms with Crippen LogP contribution in [0.1, 0.15) is 62.8 Å². The average Bonchev–Trinajstić information content (AvgIpc) is 3.55. The first-order valence-electron chi connectivity index (χ1n) is 24.0. The zero-order valence-electron chi connectivity index (χ0n) is 42.6. The molecule has 6 atom stereocenters. The number of hydrogen-bond donors (Lipinski definition) is 5. The number of aromatic nitrogens is 2. The molecular formula is C52H59F8N9O7. The molecule has 2 saturated heterocycles. The van der Waals surface area contributed by atoms with E-state index in [2.05, 4.69) is 54.1 Å². The van der Waals surface area contributed by atoms with Gasteiger partial charge in [-0.2, -0.15) is 26.3 Å². The van der Waals surface area contributed by atoms with Gasteiger partial charge in [0.2, 0.25) is 5.91 Å². The van der Waals surface area contributed by atoms with Crippen LogP contribution in [0, 0.1) is 34.3 Å². The predicted molar refractivity (Wildman–Crippen MR) is 262 cm³/mol. The summed E-state index contributed by atoms with van der Waals surface area (Å²) in [4.78, 5) is 66.1. The van der Waals surface area contributed by atoms with Crippen LogP contribution in [-0.2, 0) is 32.0 Å². The van der Waals surface area contributed by atoms with Gasteiger partial charge in [0, 0.05) is 80.0 Å². The van der Waals surface area contributed by atoms with Crippen molar-refractivity contribution >= 4 is 29.8 Å². The lowest BCUT2D eigenvalue weighted by Gasteiger charge is -2.39. The number of carbonyl (C=O) groups is 4. The molecule has 0 saturated carbocycles. The SMILES string of the molecule is CNC(=O)O[C@H](C(=O)NN(Cc1c(F)cc(-c2ccccn2)cc1F)C[C@H](O)[C@H](Cc1ccc(C#Cc2ccc(N3C[C@@H]4CC[C@@H](C3)N4C)nc2)cc1)NC(=O)[C@@H](NC(=O)OC)C(C)(C)C(F)(F)F)C(C)(C)C(F)(F)F. The van der Waals surface area contributed by atoms with Gasteiger partial charge in [-0.15, -0.1) is 0 Å². The summed E-state index contributed by atoms with van der Waals surface area (Å²) in [5.41, 5.74) is -3.32. The van der Waals surface area contributed by atoms with Crippen LogP contribution >= 0.6 is 0 Å². The number of likely N-dealkylation sites (N-methyl/N-ethyl adjacent to an activating group) is 1. The average molecular weight is 1070 g/mol. The standard InChI is InChI=1S/C52H59F8N9O7/c1-49(2,51(55,56)57)43(65-48(74)75-7)45(71)64-40(22-31-14-11-30(12-15-31)13-16-32-17-20-42(63-25-32)68-26-34-18-19-35(27-68)67(34)6)41(70)29-69(66-46(72)44(76-47(73)61-5)50(3,4)52(58,59)60)28-36-37(53)23-33(24-38(36)54)39-10-8-9-21-62-39/h8-12,14-15,17,20-21,23-25,34-35,40-41,43-44,70H,18-19,22,26-29H2,1-7H3,(H,61,73)(H,64,71)(H,65,74)(H,66,72)/t34-,35-,40-,41-,43+,44+/m0/s1. The van der Waals surface area contributed by atoms with E-state index in [1.54, 1.807) is 30.5 Å². The molecule has 0 spiro atoms. The minimum Gasteiger partial charge on any atom is -0.453 e. The van der Waals surface area contributed by atoms with Gasteiger partial charge in [0.15, 0.2) is 6.10 Å². The van der Waals surface area contributed by atoms with Crippen LogP contribution in [-0.4, -0.2) is 139 Å². The van der Waals surface area contributed by atoms with E-state index in [1.807, 2.05) is 22.8 Å². The topological polar surface area (TPSA) is 191 Å². The monoisotopic (exact) mass is 1070 g/mol. The molecule has 24 heteroatoms. The maximum Gasteiger partial charge on any atom is 0.407 e. The molecule has 0 radical (unpaired) electrons. The van der Waals surface area contributed by atoms with Crippen LogP contribution in [0.25, 0.3) is 11.3 Å². The Bertz CT molecular complexity index is 2720. The van der Waals surface area contributed by atoms with Crippen molar-refractivity contribution in [3.05, 3.63) is 113 Å². The highest BCUT2D eigenvalue weighted by molar-refractivity contribution is 5.87. The molecule has 410 valence electrons. The van der Waals surface area contributed by atoms with Gasteiger partial charge in [-0.05, 0) is 108 Å². The quantitative estimate of drug-likeness (QED) is 0.0431. The van der Waals surface area contributed by atoms with Crippen molar-refractivity contribution in [1.82, 2.24) is 41.3 Å². The first kappa shape index (κ1) is 58.2. The second-order valence-electron chi connectivity index (χ2n) is 19.7. The smallest absolute Gasteiger partial charge is 0.407 e. The van der Waals surface area contributed by atoms with E-state index in [0.29, 0.717) is 61.5 Å². The fourth-order valence-corrected chi connectivity index (χ4v) is 8.72. The van der Waals surface area contributed by atoms with E-state index in [0.717, 1.165) is 58.0 Å². The summed E-state index contributed by atoms with van der Waals surface area (Å²) in [6.45, 7) is 1.99. The molecule has 16 nitrogen and oxygen atoms in total. The molecule has 76 heavy (non-hydrogen) atoms. The molecule has 2 fully saturated rings. The van der Waals surface area contributed by atoms with Crippen molar-refractivity contribution in [2.75, 3.05) is 45.7 Å². The fourth-order valence-electron chi connectivity index (χ4n) is 8.72. The van der Waals surface area contributed by atoms with Crippen molar-refractivity contribution < 1.29 is 68.9 Å². The third kappa shape index (κ3) is 13.8. The number of pyridine rings is 2. The summed E-state index contributed by atoms with van der Waals surface area (Å²) in [5.74, 6) is 1.23. The lowest BCUT2D eigenvalue weighted by molar-refractivity contribution is -0.239. The molecule has 2 aromatic heterocycles. The van der Waals surface area contributed by atoms with E-state index >= 15 is 8.78 Å². The number of aliphatic hydroxyl groups excluding tert-OH is 1.